The van der Waals surface area contributed by atoms with Crippen LogP contribution in [0.2, 0.25) is 0 Å². The molecule has 0 saturated carbocycles. The molecule has 2 aliphatic rings. The van der Waals surface area contributed by atoms with Gasteiger partial charge in [-0.1, -0.05) is 18.2 Å². The molecular formula is C20H24N4O3. The maximum Gasteiger partial charge on any atom is 0.319 e. The zero-order chi connectivity index (χ0) is 18.8. The number of nitrogens with one attached hydrogen (secondary N) is 2. The van der Waals surface area contributed by atoms with Crippen LogP contribution in [0.25, 0.3) is 10.8 Å². The molecule has 2 N–H and O–H groups in total. The molecule has 0 radical (unpaired) electrons. The Balaban J connectivity index is 1.39. The molecule has 0 spiro atoms. The molecular weight excluding hydrogens is 344 g/mol. The van der Waals surface area contributed by atoms with E-state index in [0.29, 0.717) is 29.4 Å². The Morgan fingerprint density at radius 3 is 2.30 bits per heavy atom. The summed E-state index contributed by atoms with van der Waals surface area (Å²) in [5, 5.41) is 4.23. The molecule has 7 heteroatoms. The predicted octanol–water partition coefficient (Wildman–Crippen LogP) is 1.94. The largest absolute Gasteiger partial charge is 0.349 e. The number of hydrogen-bond acceptors (Lipinski definition) is 3. The van der Waals surface area contributed by atoms with Crippen molar-refractivity contribution < 1.29 is 9.59 Å². The number of likely N-dealkylation sites (tertiary alicyclic amines) is 2. The zero-order valence-electron chi connectivity index (χ0n) is 15.2. The first-order valence-electron chi connectivity index (χ1n) is 9.58. The molecule has 0 unspecified atom stereocenters. The predicted molar refractivity (Wildman–Crippen MR) is 103 cm³/mol. The Labute approximate surface area is 157 Å². The first-order valence-corrected chi connectivity index (χ1v) is 9.58. The van der Waals surface area contributed by atoms with Crippen molar-refractivity contribution in [2.45, 2.75) is 31.7 Å². The Bertz CT molecular complexity index is 909. The van der Waals surface area contributed by atoms with Gasteiger partial charge in [0.2, 0.25) is 0 Å². The number of pyridine rings is 1. The van der Waals surface area contributed by atoms with E-state index in [4.69, 9.17) is 0 Å². The summed E-state index contributed by atoms with van der Waals surface area (Å²) in [6, 6.07) is 7.27. The van der Waals surface area contributed by atoms with Gasteiger partial charge in [-0.25, -0.2) is 4.79 Å². The number of benzene rings is 1. The number of carbonyl (C=O) groups is 2. The third kappa shape index (κ3) is 3.54. The summed E-state index contributed by atoms with van der Waals surface area (Å²) in [5.41, 5.74) is 0.275. The highest BCUT2D eigenvalue weighted by Gasteiger charge is 2.28. The van der Waals surface area contributed by atoms with Gasteiger partial charge in [0.15, 0.2) is 0 Å². The van der Waals surface area contributed by atoms with Crippen LogP contribution in [0.15, 0.2) is 35.3 Å². The lowest BCUT2D eigenvalue weighted by atomic mass is 10.0. The van der Waals surface area contributed by atoms with Gasteiger partial charge in [0.1, 0.15) is 0 Å². The van der Waals surface area contributed by atoms with Gasteiger partial charge in [-0.3, -0.25) is 9.59 Å². The van der Waals surface area contributed by atoms with Gasteiger partial charge in [0, 0.05) is 49.2 Å². The summed E-state index contributed by atoms with van der Waals surface area (Å²) >= 11 is 0. The van der Waals surface area contributed by atoms with Gasteiger partial charge in [0.25, 0.3) is 11.5 Å². The fourth-order valence-corrected chi connectivity index (χ4v) is 3.98. The standard InChI is InChI=1S/C20H24N4O3/c25-18-16-6-2-1-5-15(16)17(13-21-18)19(26)22-14-7-11-24(12-8-14)20(27)23-9-3-4-10-23/h1-2,5-6,13-14H,3-4,7-12H2,(H,21,25)(H,22,26). The highest BCUT2D eigenvalue weighted by Crippen LogP contribution is 2.18. The molecule has 2 aliphatic heterocycles. The SMILES string of the molecule is O=C(NC1CCN(C(=O)N2CCCC2)CC1)c1c[nH]c(=O)c2ccccc12. The number of H-pyrrole nitrogens is 1. The van der Waals surface area contributed by atoms with Gasteiger partial charge >= 0.3 is 6.03 Å². The van der Waals surface area contributed by atoms with Crippen LogP contribution >= 0.6 is 0 Å². The van der Waals surface area contributed by atoms with Crippen LogP contribution in [0.4, 0.5) is 4.79 Å². The second kappa shape index (κ2) is 7.42. The van der Waals surface area contributed by atoms with E-state index in [1.54, 1.807) is 18.2 Å². The van der Waals surface area contributed by atoms with E-state index in [-0.39, 0.29) is 23.5 Å². The number of nitrogens with zero attached hydrogens (tertiary/aromatic N) is 2. The fraction of sp³-hybridized carbons (Fsp3) is 0.450. The van der Waals surface area contributed by atoms with Crippen LogP contribution in [0.3, 0.4) is 0 Å². The van der Waals surface area contributed by atoms with Gasteiger partial charge in [-0.05, 0) is 31.7 Å². The zero-order valence-corrected chi connectivity index (χ0v) is 15.2. The lowest BCUT2D eigenvalue weighted by molar-refractivity contribution is 0.0914. The smallest absolute Gasteiger partial charge is 0.319 e. The number of amides is 3. The van der Waals surface area contributed by atoms with Gasteiger partial charge in [-0.15, -0.1) is 0 Å². The summed E-state index contributed by atoms with van der Waals surface area (Å²) in [7, 11) is 0. The van der Waals surface area contributed by atoms with Crippen molar-refractivity contribution in [2.24, 2.45) is 0 Å². The Kier molecular flexibility index (Phi) is 4.83. The number of piperidine rings is 1. The molecule has 2 aromatic rings. The first kappa shape index (κ1) is 17.6. The van der Waals surface area contributed by atoms with Crippen molar-refractivity contribution in [1.82, 2.24) is 20.1 Å². The topological polar surface area (TPSA) is 85.5 Å². The van der Waals surface area contributed by atoms with Crippen molar-refractivity contribution in [2.75, 3.05) is 26.2 Å². The molecule has 1 aromatic carbocycles. The van der Waals surface area contributed by atoms with Crippen molar-refractivity contribution in [3.63, 3.8) is 0 Å². The normalized spacial score (nSPS) is 18.1. The Morgan fingerprint density at radius 2 is 1.59 bits per heavy atom. The van der Waals surface area contributed by atoms with Crippen LogP contribution < -0.4 is 10.9 Å². The Hall–Kier alpha value is -2.83. The Morgan fingerprint density at radius 1 is 0.963 bits per heavy atom. The van der Waals surface area contributed by atoms with E-state index in [2.05, 4.69) is 10.3 Å². The lowest BCUT2D eigenvalue weighted by Gasteiger charge is -2.34. The average molecular weight is 368 g/mol. The number of urea groups is 1. The third-order valence-corrected chi connectivity index (χ3v) is 5.53. The highest BCUT2D eigenvalue weighted by atomic mass is 16.2. The highest BCUT2D eigenvalue weighted by molar-refractivity contribution is 6.06. The van der Waals surface area contributed by atoms with Crippen LogP contribution in [0, 0.1) is 0 Å². The van der Waals surface area contributed by atoms with Crippen molar-refractivity contribution in [3.05, 3.63) is 46.4 Å². The summed E-state index contributed by atoms with van der Waals surface area (Å²) in [4.78, 5) is 43.6. The van der Waals surface area contributed by atoms with Gasteiger partial charge < -0.3 is 20.1 Å². The quantitative estimate of drug-likeness (QED) is 0.849. The summed E-state index contributed by atoms with van der Waals surface area (Å²) in [5.74, 6) is -0.188. The molecule has 0 bridgehead atoms. The molecule has 3 amide bonds. The minimum absolute atomic E-state index is 0.0332. The number of aromatic nitrogens is 1. The number of aromatic amines is 1. The number of rotatable bonds is 2. The van der Waals surface area contributed by atoms with Crippen LogP contribution in [0.5, 0.6) is 0 Å². The summed E-state index contributed by atoms with van der Waals surface area (Å²) < 4.78 is 0. The fourth-order valence-electron chi connectivity index (χ4n) is 3.98. The number of carbonyl (C=O) groups excluding carboxylic acids is 2. The van der Waals surface area contributed by atoms with Crippen LogP contribution in [-0.4, -0.2) is 58.9 Å². The summed E-state index contributed by atoms with van der Waals surface area (Å²) in [6.45, 7) is 3.03. The molecule has 142 valence electrons. The second-order valence-electron chi connectivity index (χ2n) is 7.29. The van der Waals surface area contributed by atoms with E-state index in [9.17, 15) is 14.4 Å². The lowest BCUT2D eigenvalue weighted by Crippen LogP contribution is -2.50. The summed E-state index contributed by atoms with van der Waals surface area (Å²) in [6.07, 6.45) is 5.14. The maximum absolute atomic E-state index is 12.7. The van der Waals surface area contributed by atoms with E-state index in [1.165, 1.54) is 6.20 Å². The van der Waals surface area contributed by atoms with Gasteiger partial charge in [0.05, 0.1) is 5.56 Å². The van der Waals surface area contributed by atoms with Crippen molar-refractivity contribution >= 4 is 22.7 Å². The van der Waals surface area contributed by atoms with Crippen LogP contribution in [0.1, 0.15) is 36.0 Å². The molecule has 0 aliphatic carbocycles. The molecule has 2 saturated heterocycles. The molecule has 7 nitrogen and oxygen atoms in total. The number of hydrogen-bond donors (Lipinski definition) is 2. The van der Waals surface area contributed by atoms with Crippen molar-refractivity contribution in [3.8, 4) is 0 Å². The maximum atomic E-state index is 12.7. The van der Waals surface area contributed by atoms with E-state index in [1.807, 2.05) is 15.9 Å². The minimum atomic E-state index is -0.198. The monoisotopic (exact) mass is 368 g/mol. The van der Waals surface area contributed by atoms with Gasteiger partial charge in [-0.2, -0.15) is 0 Å². The molecule has 0 atom stereocenters. The number of fused-ring (bicyclic) bond motifs is 1. The molecule has 4 rings (SSSR count). The van der Waals surface area contributed by atoms with E-state index in [0.717, 1.165) is 38.8 Å². The van der Waals surface area contributed by atoms with Crippen LogP contribution in [-0.2, 0) is 0 Å². The third-order valence-electron chi connectivity index (χ3n) is 5.53. The molecule has 3 heterocycles. The van der Waals surface area contributed by atoms with E-state index >= 15 is 0 Å². The molecule has 27 heavy (non-hydrogen) atoms. The average Bonchev–Trinajstić information content (AvgIpc) is 3.23. The first-order chi connectivity index (χ1) is 13.1. The van der Waals surface area contributed by atoms with E-state index < -0.39 is 0 Å². The molecule has 2 fully saturated rings. The second-order valence-corrected chi connectivity index (χ2v) is 7.29. The van der Waals surface area contributed by atoms with Crippen molar-refractivity contribution in [1.29, 1.82) is 0 Å². The molecule has 1 aromatic heterocycles. The minimum Gasteiger partial charge on any atom is -0.349 e.